The third-order valence-electron chi connectivity index (χ3n) is 5.13. The van der Waals surface area contributed by atoms with Crippen LogP contribution in [-0.2, 0) is 16.4 Å². The summed E-state index contributed by atoms with van der Waals surface area (Å²) in [5, 5.41) is 0. The second-order valence-corrected chi connectivity index (χ2v) is 9.84. The van der Waals surface area contributed by atoms with Crippen molar-refractivity contribution in [1.82, 2.24) is 4.90 Å². The Labute approximate surface area is 184 Å². The molecule has 0 spiro atoms. The fraction of sp³-hybridized carbons (Fsp3) is 0.375. The summed E-state index contributed by atoms with van der Waals surface area (Å²) in [6.07, 6.45) is 3.03. The van der Waals surface area contributed by atoms with Crippen molar-refractivity contribution in [3.63, 3.8) is 0 Å². The molecule has 0 saturated carbocycles. The molecule has 0 aliphatic carbocycles. The van der Waals surface area contributed by atoms with Gasteiger partial charge in [-0.2, -0.15) is 0 Å². The zero-order valence-corrected chi connectivity index (χ0v) is 18.6. The maximum Gasteiger partial charge on any atom is 0.254 e. The second kappa shape index (κ2) is 10.5. The van der Waals surface area contributed by atoms with Crippen LogP contribution in [0.15, 0.2) is 61.2 Å². The normalized spacial score (nSPS) is 17.1. The van der Waals surface area contributed by atoms with E-state index in [0.717, 1.165) is 17.7 Å². The van der Waals surface area contributed by atoms with Crippen molar-refractivity contribution in [3.8, 4) is 11.5 Å². The topological polar surface area (TPSA) is 72.9 Å². The van der Waals surface area contributed by atoms with Gasteiger partial charge in [-0.25, -0.2) is 8.42 Å². The molecule has 2 aromatic rings. The van der Waals surface area contributed by atoms with Crippen molar-refractivity contribution in [3.05, 3.63) is 72.3 Å². The largest absolute Gasteiger partial charge is 0.494 e. The zero-order valence-electron chi connectivity index (χ0n) is 17.8. The highest BCUT2D eigenvalue weighted by Gasteiger charge is 2.35. The fourth-order valence-corrected chi connectivity index (χ4v) is 5.24. The number of sulfone groups is 1. The number of amides is 1. The van der Waals surface area contributed by atoms with Gasteiger partial charge < -0.3 is 14.4 Å². The Kier molecular flexibility index (Phi) is 7.74. The molecule has 6 nitrogen and oxygen atoms in total. The smallest absolute Gasteiger partial charge is 0.254 e. The summed E-state index contributed by atoms with van der Waals surface area (Å²) in [6.45, 7) is 7.04. The van der Waals surface area contributed by atoms with Crippen molar-refractivity contribution in [2.45, 2.75) is 32.4 Å². The highest BCUT2D eigenvalue weighted by Crippen LogP contribution is 2.24. The molecule has 2 aromatic carbocycles. The van der Waals surface area contributed by atoms with E-state index in [1.54, 1.807) is 35.2 Å². The summed E-state index contributed by atoms with van der Waals surface area (Å²) in [7, 11) is -3.13. The van der Waals surface area contributed by atoms with Crippen molar-refractivity contribution in [1.29, 1.82) is 0 Å². The third-order valence-corrected chi connectivity index (χ3v) is 6.88. The van der Waals surface area contributed by atoms with Gasteiger partial charge in [-0.15, -0.1) is 0 Å². The first-order valence-corrected chi connectivity index (χ1v) is 12.3. The van der Waals surface area contributed by atoms with Crippen LogP contribution in [0.5, 0.6) is 11.5 Å². The Bertz CT molecular complexity index is 984. The number of nitrogens with zero attached hydrogens (tertiary/aromatic N) is 1. The van der Waals surface area contributed by atoms with E-state index in [-0.39, 0.29) is 23.5 Å². The molecule has 0 bridgehead atoms. The van der Waals surface area contributed by atoms with E-state index < -0.39 is 9.84 Å². The number of ether oxygens (including phenoxy) is 2. The van der Waals surface area contributed by atoms with Gasteiger partial charge in [0.25, 0.3) is 5.91 Å². The van der Waals surface area contributed by atoms with Gasteiger partial charge in [0.1, 0.15) is 18.1 Å². The van der Waals surface area contributed by atoms with Crippen LogP contribution in [-0.4, -0.2) is 50.0 Å². The average molecular weight is 444 g/mol. The summed E-state index contributed by atoms with van der Waals surface area (Å²) in [5.74, 6) is 1.34. The van der Waals surface area contributed by atoms with Crippen LogP contribution in [0.1, 0.15) is 35.7 Å². The molecule has 1 aliphatic heterocycles. The van der Waals surface area contributed by atoms with E-state index >= 15 is 0 Å². The summed E-state index contributed by atoms with van der Waals surface area (Å²) in [6, 6.07) is 14.1. The number of hydrogen-bond acceptors (Lipinski definition) is 5. The minimum Gasteiger partial charge on any atom is -0.494 e. The van der Waals surface area contributed by atoms with E-state index in [2.05, 4.69) is 6.58 Å². The molecule has 31 heavy (non-hydrogen) atoms. The molecule has 3 rings (SSSR count). The number of hydrogen-bond donors (Lipinski definition) is 0. The van der Waals surface area contributed by atoms with Crippen LogP contribution in [0.3, 0.4) is 0 Å². The van der Waals surface area contributed by atoms with E-state index in [0.29, 0.717) is 37.5 Å². The SMILES string of the molecule is C=CCOc1ccc(C(=O)N(Cc2ccc(OCCC)cc2)C2CCS(=O)(=O)C2)cc1. The highest BCUT2D eigenvalue weighted by atomic mass is 32.2. The standard InChI is InChI=1S/C24H29NO5S/c1-3-14-29-22-9-5-19(6-10-22)17-25(21-13-16-31(27,28)18-21)24(26)20-7-11-23(12-8-20)30-15-4-2/h4-12,21H,2-3,13-18H2,1H3. The van der Waals surface area contributed by atoms with Gasteiger partial charge in [-0.3, -0.25) is 4.79 Å². The summed E-state index contributed by atoms with van der Waals surface area (Å²) < 4.78 is 35.2. The Morgan fingerprint density at radius 3 is 2.32 bits per heavy atom. The van der Waals surface area contributed by atoms with Gasteiger partial charge in [-0.05, 0) is 54.8 Å². The molecule has 1 unspecified atom stereocenters. The van der Waals surface area contributed by atoms with Crippen molar-refractivity contribution < 1.29 is 22.7 Å². The predicted octanol–water partition coefficient (Wildman–Crippen LogP) is 3.87. The van der Waals surface area contributed by atoms with Crippen LogP contribution in [0.4, 0.5) is 0 Å². The number of benzene rings is 2. The fourth-order valence-electron chi connectivity index (χ4n) is 3.51. The van der Waals surface area contributed by atoms with Crippen LogP contribution in [0, 0.1) is 0 Å². The van der Waals surface area contributed by atoms with Crippen molar-refractivity contribution in [2.75, 3.05) is 24.7 Å². The monoisotopic (exact) mass is 443 g/mol. The van der Waals surface area contributed by atoms with Crippen molar-refractivity contribution >= 4 is 15.7 Å². The number of carbonyl (C=O) groups excluding carboxylic acids is 1. The minimum atomic E-state index is -3.13. The molecule has 166 valence electrons. The third kappa shape index (κ3) is 6.34. The van der Waals surface area contributed by atoms with Gasteiger partial charge in [0.15, 0.2) is 9.84 Å². The molecule has 1 aliphatic rings. The first-order valence-electron chi connectivity index (χ1n) is 10.5. The Hall–Kier alpha value is -2.80. The molecule has 1 heterocycles. The molecule has 1 atom stereocenters. The number of carbonyl (C=O) groups is 1. The van der Waals surface area contributed by atoms with Gasteiger partial charge >= 0.3 is 0 Å². The number of rotatable bonds is 10. The van der Waals surface area contributed by atoms with E-state index in [4.69, 9.17) is 9.47 Å². The van der Waals surface area contributed by atoms with E-state index in [9.17, 15) is 13.2 Å². The lowest BCUT2D eigenvalue weighted by atomic mass is 10.1. The van der Waals surface area contributed by atoms with Gasteiger partial charge in [0.2, 0.25) is 0 Å². The molecule has 1 amide bonds. The molecule has 1 fully saturated rings. The highest BCUT2D eigenvalue weighted by molar-refractivity contribution is 7.91. The maximum absolute atomic E-state index is 13.3. The first kappa shape index (κ1) is 22.9. The van der Waals surface area contributed by atoms with Crippen LogP contribution < -0.4 is 9.47 Å². The quantitative estimate of drug-likeness (QED) is 0.521. The van der Waals surface area contributed by atoms with E-state index in [1.165, 1.54) is 0 Å². The summed E-state index contributed by atoms with van der Waals surface area (Å²) in [4.78, 5) is 15.0. The van der Waals surface area contributed by atoms with Gasteiger partial charge in [0.05, 0.1) is 18.1 Å². The summed E-state index contributed by atoms with van der Waals surface area (Å²) in [5.41, 5.74) is 1.42. The molecular formula is C24H29NO5S. The van der Waals surface area contributed by atoms with Gasteiger partial charge in [0, 0.05) is 18.2 Å². The first-order chi connectivity index (χ1) is 14.9. The van der Waals surface area contributed by atoms with E-state index in [1.807, 2.05) is 31.2 Å². The molecule has 0 N–H and O–H groups in total. The van der Waals surface area contributed by atoms with Gasteiger partial charge in [-0.1, -0.05) is 31.7 Å². The minimum absolute atomic E-state index is 0.00301. The molecule has 1 saturated heterocycles. The lowest BCUT2D eigenvalue weighted by molar-refractivity contribution is 0.0681. The second-order valence-electron chi connectivity index (χ2n) is 7.61. The summed E-state index contributed by atoms with van der Waals surface area (Å²) >= 11 is 0. The van der Waals surface area contributed by atoms with Crippen LogP contribution in [0.25, 0.3) is 0 Å². The van der Waals surface area contributed by atoms with Crippen molar-refractivity contribution in [2.24, 2.45) is 0 Å². The maximum atomic E-state index is 13.3. The predicted molar refractivity (Wildman–Crippen MR) is 121 cm³/mol. The zero-order chi connectivity index (χ0) is 22.3. The molecule has 0 aromatic heterocycles. The Morgan fingerprint density at radius 1 is 1.10 bits per heavy atom. The Balaban J connectivity index is 1.79. The molecule has 7 heteroatoms. The van der Waals surface area contributed by atoms with Crippen LogP contribution >= 0.6 is 0 Å². The lowest BCUT2D eigenvalue weighted by Gasteiger charge is -2.28. The molecular weight excluding hydrogens is 414 g/mol. The average Bonchev–Trinajstić information content (AvgIpc) is 3.14. The molecule has 0 radical (unpaired) electrons. The van der Waals surface area contributed by atoms with Crippen LogP contribution in [0.2, 0.25) is 0 Å². The lowest BCUT2D eigenvalue weighted by Crippen LogP contribution is -2.40. The Morgan fingerprint density at radius 2 is 1.74 bits per heavy atom.